The number of hydrazone groups is 1. The van der Waals surface area contributed by atoms with Gasteiger partial charge in [-0.05, 0) is 60.4 Å². The van der Waals surface area contributed by atoms with Crippen LogP contribution in [0.25, 0.3) is 11.3 Å². The monoisotopic (exact) mass is 426 g/mol. The van der Waals surface area contributed by atoms with Crippen molar-refractivity contribution in [2.75, 3.05) is 0 Å². The van der Waals surface area contributed by atoms with Crippen LogP contribution >= 0.6 is 23.2 Å². The summed E-state index contributed by atoms with van der Waals surface area (Å²) in [6, 6.07) is 8.64. The molecule has 5 aliphatic rings. The van der Waals surface area contributed by atoms with E-state index in [0.717, 1.165) is 11.4 Å². The number of nitrogens with zero attached hydrogens (tertiary/aromatic N) is 2. The number of rotatable bonds is 3. The van der Waals surface area contributed by atoms with Crippen molar-refractivity contribution in [2.45, 2.75) is 6.42 Å². The Morgan fingerprint density at radius 1 is 1.00 bits per heavy atom. The maximum atomic E-state index is 12.9. The van der Waals surface area contributed by atoms with E-state index in [2.05, 4.69) is 17.3 Å². The first-order valence-electron chi connectivity index (χ1n) is 9.68. The van der Waals surface area contributed by atoms with Crippen LogP contribution in [0.4, 0.5) is 0 Å². The molecule has 146 valence electrons. The predicted octanol–water partition coefficient (Wildman–Crippen LogP) is 4.64. The molecule has 3 fully saturated rings. The fourth-order valence-corrected chi connectivity index (χ4v) is 5.93. The van der Waals surface area contributed by atoms with Gasteiger partial charge in [-0.25, -0.2) is 0 Å². The van der Waals surface area contributed by atoms with Crippen molar-refractivity contribution in [1.29, 1.82) is 0 Å². The minimum absolute atomic E-state index is 0.187. The second kappa shape index (κ2) is 6.07. The zero-order valence-electron chi connectivity index (χ0n) is 15.2. The molecule has 1 aliphatic heterocycles. The smallest absolute Gasteiger partial charge is 0.254 e. The number of furan rings is 1. The number of hydrogen-bond acceptors (Lipinski definition) is 4. The number of imide groups is 1. The van der Waals surface area contributed by atoms with E-state index in [9.17, 15) is 9.59 Å². The molecule has 6 atom stereocenters. The average molecular weight is 427 g/mol. The summed E-state index contributed by atoms with van der Waals surface area (Å²) in [5.74, 6) is 1.64. The van der Waals surface area contributed by atoms with Gasteiger partial charge >= 0.3 is 0 Å². The van der Waals surface area contributed by atoms with E-state index in [0.29, 0.717) is 39.0 Å². The maximum Gasteiger partial charge on any atom is 0.254 e. The molecule has 1 aromatic carbocycles. The summed E-state index contributed by atoms with van der Waals surface area (Å²) in [6.45, 7) is 0. The lowest BCUT2D eigenvalue weighted by Crippen LogP contribution is -2.40. The lowest BCUT2D eigenvalue weighted by Gasteiger charge is -2.37. The molecule has 0 N–H and O–H groups in total. The van der Waals surface area contributed by atoms with Crippen molar-refractivity contribution in [2.24, 2.45) is 40.6 Å². The Morgan fingerprint density at radius 2 is 1.69 bits per heavy atom. The average Bonchev–Trinajstić information content (AvgIpc) is 3.34. The van der Waals surface area contributed by atoms with Crippen molar-refractivity contribution in [1.82, 2.24) is 5.01 Å². The Hall–Kier alpha value is -2.37. The van der Waals surface area contributed by atoms with Crippen molar-refractivity contribution in [3.8, 4) is 11.3 Å². The molecule has 1 saturated heterocycles. The molecule has 2 aromatic rings. The third kappa shape index (κ3) is 2.50. The van der Waals surface area contributed by atoms with Gasteiger partial charge in [0.2, 0.25) is 0 Å². The molecule has 0 radical (unpaired) electrons. The highest BCUT2D eigenvalue weighted by Crippen LogP contribution is 2.65. The van der Waals surface area contributed by atoms with Crippen LogP contribution in [-0.4, -0.2) is 23.0 Å². The Morgan fingerprint density at radius 3 is 2.34 bits per heavy atom. The van der Waals surface area contributed by atoms with Crippen molar-refractivity contribution in [3.63, 3.8) is 0 Å². The number of carbonyl (C=O) groups is 2. The van der Waals surface area contributed by atoms with Crippen molar-refractivity contribution < 1.29 is 14.0 Å². The first-order chi connectivity index (χ1) is 14.0. The number of carbonyl (C=O) groups excluding carboxylic acids is 2. The lowest BCUT2D eigenvalue weighted by molar-refractivity contribution is -0.140. The van der Waals surface area contributed by atoms with E-state index in [-0.39, 0.29) is 35.5 Å². The molecule has 2 bridgehead atoms. The van der Waals surface area contributed by atoms with Crippen LogP contribution in [0.3, 0.4) is 0 Å². The van der Waals surface area contributed by atoms with Gasteiger partial charge < -0.3 is 4.42 Å². The fourth-order valence-electron chi connectivity index (χ4n) is 5.43. The summed E-state index contributed by atoms with van der Waals surface area (Å²) < 4.78 is 5.78. The third-order valence-electron chi connectivity index (χ3n) is 6.76. The van der Waals surface area contributed by atoms with Crippen LogP contribution in [0.1, 0.15) is 12.2 Å². The highest BCUT2D eigenvalue weighted by molar-refractivity contribution is 6.36. The number of halogens is 2. The number of allylic oxidation sites excluding steroid dienone is 2. The molecule has 4 aliphatic carbocycles. The molecule has 29 heavy (non-hydrogen) atoms. The van der Waals surface area contributed by atoms with Crippen LogP contribution in [0.5, 0.6) is 0 Å². The first-order valence-corrected chi connectivity index (χ1v) is 10.4. The molecule has 0 unspecified atom stereocenters. The predicted molar refractivity (Wildman–Crippen MR) is 108 cm³/mol. The molecule has 7 rings (SSSR count). The van der Waals surface area contributed by atoms with E-state index in [1.165, 1.54) is 6.21 Å². The van der Waals surface area contributed by atoms with E-state index in [1.54, 1.807) is 30.3 Å². The fraction of sp³-hybridized carbons (Fsp3) is 0.318. The van der Waals surface area contributed by atoms with Crippen molar-refractivity contribution in [3.05, 3.63) is 58.3 Å². The van der Waals surface area contributed by atoms with Gasteiger partial charge in [0.15, 0.2) is 0 Å². The van der Waals surface area contributed by atoms with Crippen molar-refractivity contribution >= 4 is 41.2 Å². The van der Waals surface area contributed by atoms with Crippen LogP contribution in [0, 0.1) is 35.5 Å². The molecule has 1 aromatic heterocycles. The number of hydrogen-bond donors (Lipinski definition) is 0. The van der Waals surface area contributed by atoms with E-state index in [4.69, 9.17) is 27.6 Å². The van der Waals surface area contributed by atoms with E-state index in [1.807, 2.05) is 0 Å². The van der Waals surface area contributed by atoms with Crippen LogP contribution in [0.2, 0.25) is 10.0 Å². The Labute approximate surface area is 177 Å². The molecule has 7 heteroatoms. The van der Waals surface area contributed by atoms with Gasteiger partial charge in [-0.2, -0.15) is 10.1 Å². The number of benzene rings is 1. The van der Waals surface area contributed by atoms with Gasteiger partial charge in [-0.1, -0.05) is 35.4 Å². The van der Waals surface area contributed by atoms with Crippen LogP contribution in [-0.2, 0) is 9.59 Å². The summed E-state index contributed by atoms with van der Waals surface area (Å²) in [5, 5.41) is 6.26. The van der Waals surface area contributed by atoms with Gasteiger partial charge in [0.05, 0.1) is 23.1 Å². The first kappa shape index (κ1) is 17.5. The molecule has 0 spiro atoms. The van der Waals surface area contributed by atoms with E-state index >= 15 is 0 Å². The zero-order chi connectivity index (χ0) is 19.9. The molecule has 2 saturated carbocycles. The topological polar surface area (TPSA) is 62.9 Å². The molecule has 5 nitrogen and oxygen atoms in total. The van der Waals surface area contributed by atoms with Gasteiger partial charge in [0.25, 0.3) is 11.8 Å². The molecule has 2 amide bonds. The summed E-state index contributed by atoms with van der Waals surface area (Å²) in [6.07, 6.45) is 6.85. The highest BCUT2D eigenvalue weighted by atomic mass is 35.5. The highest BCUT2D eigenvalue weighted by Gasteiger charge is 2.67. The molecular formula is C22H16Cl2N2O3. The zero-order valence-corrected chi connectivity index (χ0v) is 16.7. The quantitative estimate of drug-likeness (QED) is 0.407. The Bertz CT molecular complexity index is 1090. The Kier molecular flexibility index (Phi) is 3.66. The minimum Gasteiger partial charge on any atom is -0.455 e. The standard InChI is InChI=1S/C22H16Cl2N2O3/c23-10-1-3-14(17(24)7-10)18-6-2-11(29-18)9-25-26-21(27)19-12-4-5-13(16-8-15(12)16)20(19)22(26)28/h1-7,9,12-13,15-16,19-20H,8H2/b25-9-/t12-,13-,15-,16+,19+,20+/m0/s1. The normalized spacial score (nSPS) is 34.2. The number of amides is 2. The van der Waals surface area contributed by atoms with Crippen LogP contribution < -0.4 is 0 Å². The Balaban J connectivity index is 1.25. The second-order valence-electron chi connectivity index (χ2n) is 8.21. The molecular weight excluding hydrogens is 411 g/mol. The largest absolute Gasteiger partial charge is 0.455 e. The van der Waals surface area contributed by atoms with Crippen LogP contribution in [0.15, 0.2) is 52.0 Å². The summed E-state index contributed by atoms with van der Waals surface area (Å²) in [4.78, 5) is 25.9. The summed E-state index contributed by atoms with van der Waals surface area (Å²) in [7, 11) is 0. The lowest BCUT2D eigenvalue weighted by atomic mass is 9.63. The minimum atomic E-state index is -0.251. The molecule has 2 heterocycles. The van der Waals surface area contributed by atoms with Gasteiger partial charge in [0.1, 0.15) is 11.5 Å². The SMILES string of the molecule is O=C1[C@@H]2[C@H]3C=C[C@@H]([C@@H]4C[C@H]34)[C@H]2C(=O)N1/N=C\c1ccc(-c2ccc(Cl)cc2Cl)o1. The third-order valence-corrected chi connectivity index (χ3v) is 7.31. The van der Waals surface area contributed by atoms with E-state index < -0.39 is 0 Å². The summed E-state index contributed by atoms with van der Waals surface area (Å²) in [5.41, 5.74) is 0.705. The maximum absolute atomic E-state index is 12.9. The van der Waals surface area contributed by atoms with Gasteiger partial charge in [0, 0.05) is 10.6 Å². The summed E-state index contributed by atoms with van der Waals surface area (Å²) >= 11 is 12.2. The van der Waals surface area contributed by atoms with Gasteiger partial charge in [-0.15, -0.1) is 0 Å². The van der Waals surface area contributed by atoms with Gasteiger partial charge in [-0.3, -0.25) is 9.59 Å². The second-order valence-corrected chi connectivity index (χ2v) is 9.06.